The summed E-state index contributed by atoms with van der Waals surface area (Å²) in [6, 6.07) is 21.7. The summed E-state index contributed by atoms with van der Waals surface area (Å²) < 4.78 is 5.19. The molecule has 0 amide bonds. The van der Waals surface area contributed by atoms with Crippen molar-refractivity contribution in [3.8, 4) is 16.9 Å². The molecule has 3 rings (SSSR count). The van der Waals surface area contributed by atoms with Crippen LogP contribution in [0, 0.1) is 0 Å². The van der Waals surface area contributed by atoms with E-state index in [0.717, 1.165) is 39.4 Å². The van der Waals surface area contributed by atoms with Gasteiger partial charge in [0.1, 0.15) is 5.75 Å². The molecule has 0 aliphatic heterocycles. The molecule has 3 aromatic carbocycles. The van der Waals surface area contributed by atoms with E-state index in [9.17, 15) is 0 Å². The van der Waals surface area contributed by atoms with Gasteiger partial charge in [0.05, 0.1) is 18.5 Å². The van der Waals surface area contributed by atoms with Crippen LogP contribution in [-0.4, -0.2) is 18.8 Å². The van der Waals surface area contributed by atoms with Gasteiger partial charge in [0.25, 0.3) is 0 Å². The number of benzene rings is 3. The van der Waals surface area contributed by atoms with Gasteiger partial charge in [0, 0.05) is 12.3 Å². The third-order valence-electron chi connectivity index (χ3n) is 4.44. The Bertz CT molecular complexity index is 933. The summed E-state index contributed by atoms with van der Waals surface area (Å²) in [5.41, 5.74) is 12.6. The predicted octanol–water partition coefficient (Wildman–Crippen LogP) is 4.56. The van der Waals surface area contributed by atoms with Gasteiger partial charge in [0.2, 0.25) is 0 Å². The van der Waals surface area contributed by atoms with E-state index < -0.39 is 0 Å². The quantitative estimate of drug-likeness (QED) is 0.540. The molecule has 0 spiro atoms. The number of hydrogen-bond acceptors (Lipinski definition) is 4. The second-order valence-electron chi connectivity index (χ2n) is 6.31. The Hall–Kier alpha value is -3.24. The molecule has 0 fully saturated rings. The molecule has 4 N–H and O–H groups in total. The van der Waals surface area contributed by atoms with Gasteiger partial charge in [-0.05, 0) is 65.1 Å². The number of anilines is 2. The number of hydrogen-bond donors (Lipinski definition) is 3. The van der Waals surface area contributed by atoms with Crippen molar-refractivity contribution < 1.29 is 9.84 Å². The number of nitrogen functional groups attached to an aromatic ring is 1. The molecule has 0 heterocycles. The van der Waals surface area contributed by atoms with Crippen LogP contribution in [0.2, 0.25) is 0 Å². The standard InChI is InChI=1S/C23H24N2O2/c1-16(18-6-9-21(27-2)10-7-18)25-23-15-20(8-11-22(23)24)19-5-3-4-17(14-19)12-13-26/h3-11,14-15,25-26H,1,12-13,24H2,2H3. The van der Waals surface area contributed by atoms with Crippen molar-refractivity contribution in [3.63, 3.8) is 0 Å². The lowest BCUT2D eigenvalue weighted by molar-refractivity contribution is 0.299. The molecule has 4 heteroatoms. The highest BCUT2D eigenvalue weighted by Gasteiger charge is 2.07. The monoisotopic (exact) mass is 360 g/mol. The van der Waals surface area contributed by atoms with Crippen LogP contribution in [0.15, 0.2) is 73.3 Å². The lowest BCUT2D eigenvalue weighted by Crippen LogP contribution is -2.01. The van der Waals surface area contributed by atoms with Crippen LogP contribution >= 0.6 is 0 Å². The molecule has 4 nitrogen and oxygen atoms in total. The first-order valence-corrected chi connectivity index (χ1v) is 8.81. The molecule has 0 saturated heterocycles. The summed E-state index contributed by atoms with van der Waals surface area (Å²) in [5.74, 6) is 0.802. The smallest absolute Gasteiger partial charge is 0.118 e. The summed E-state index contributed by atoms with van der Waals surface area (Å²) in [6.45, 7) is 4.26. The van der Waals surface area contributed by atoms with Gasteiger partial charge in [-0.1, -0.05) is 36.9 Å². The molecular weight excluding hydrogens is 336 g/mol. The van der Waals surface area contributed by atoms with Gasteiger partial charge in [-0.3, -0.25) is 0 Å². The Morgan fingerprint density at radius 1 is 1.04 bits per heavy atom. The zero-order valence-corrected chi connectivity index (χ0v) is 15.4. The summed E-state index contributed by atoms with van der Waals surface area (Å²) in [6.07, 6.45) is 0.641. The van der Waals surface area contributed by atoms with E-state index in [1.165, 1.54) is 0 Å². The number of ether oxygens (including phenoxy) is 1. The van der Waals surface area contributed by atoms with E-state index in [-0.39, 0.29) is 6.61 Å². The SMILES string of the molecule is C=C(Nc1cc(-c2cccc(CCO)c2)ccc1N)c1ccc(OC)cc1. The molecule has 0 aliphatic carbocycles. The topological polar surface area (TPSA) is 67.5 Å². The fourth-order valence-electron chi connectivity index (χ4n) is 2.91. The van der Waals surface area contributed by atoms with Gasteiger partial charge in [-0.2, -0.15) is 0 Å². The van der Waals surface area contributed by atoms with E-state index >= 15 is 0 Å². The van der Waals surface area contributed by atoms with Crippen molar-refractivity contribution >= 4 is 17.1 Å². The lowest BCUT2D eigenvalue weighted by atomic mass is 10.0. The Morgan fingerprint density at radius 3 is 2.48 bits per heavy atom. The lowest BCUT2D eigenvalue weighted by Gasteiger charge is -2.14. The fraction of sp³-hybridized carbons (Fsp3) is 0.130. The van der Waals surface area contributed by atoms with Gasteiger partial charge < -0.3 is 20.9 Å². The van der Waals surface area contributed by atoms with Crippen molar-refractivity contribution in [3.05, 3.63) is 84.4 Å². The minimum atomic E-state index is 0.139. The minimum absolute atomic E-state index is 0.139. The molecule has 0 bridgehead atoms. The van der Waals surface area contributed by atoms with Crippen LogP contribution in [0.3, 0.4) is 0 Å². The van der Waals surface area contributed by atoms with Gasteiger partial charge in [-0.15, -0.1) is 0 Å². The third-order valence-corrected chi connectivity index (χ3v) is 4.44. The molecule has 0 atom stereocenters. The summed E-state index contributed by atoms with van der Waals surface area (Å²) in [7, 11) is 1.64. The Kier molecular flexibility index (Phi) is 5.79. The van der Waals surface area contributed by atoms with Crippen LogP contribution in [0.1, 0.15) is 11.1 Å². The molecular formula is C23H24N2O2. The highest BCUT2D eigenvalue weighted by atomic mass is 16.5. The molecule has 0 unspecified atom stereocenters. The third kappa shape index (κ3) is 4.49. The fourth-order valence-corrected chi connectivity index (χ4v) is 2.91. The van der Waals surface area contributed by atoms with Crippen molar-refractivity contribution in [1.82, 2.24) is 0 Å². The molecule has 3 aromatic rings. The molecule has 0 saturated carbocycles. The molecule has 0 aliphatic rings. The van der Waals surface area contributed by atoms with Crippen molar-refractivity contribution in [2.75, 3.05) is 24.8 Å². The Balaban J connectivity index is 1.84. The van der Waals surface area contributed by atoms with Crippen molar-refractivity contribution in [1.29, 1.82) is 0 Å². The van der Waals surface area contributed by atoms with E-state index in [1.807, 2.05) is 54.6 Å². The highest BCUT2D eigenvalue weighted by molar-refractivity contribution is 5.84. The van der Waals surface area contributed by atoms with Crippen LogP contribution in [0.4, 0.5) is 11.4 Å². The molecule has 27 heavy (non-hydrogen) atoms. The van der Waals surface area contributed by atoms with E-state index in [1.54, 1.807) is 7.11 Å². The average molecular weight is 360 g/mol. The molecule has 0 radical (unpaired) electrons. The number of aliphatic hydroxyl groups excluding tert-OH is 1. The normalized spacial score (nSPS) is 10.4. The van der Waals surface area contributed by atoms with Crippen LogP contribution in [0.5, 0.6) is 5.75 Å². The number of nitrogens with one attached hydrogen (secondary N) is 1. The Morgan fingerprint density at radius 2 is 1.78 bits per heavy atom. The maximum Gasteiger partial charge on any atom is 0.118 e. The van der Waals surface area contributed by atoms with Gasteiger partial charge in [-0.25, -0.2) is 0 Å². The molecule has 0 aromatic heterocycles. The van der Waals surface area contributed by atoms with Crippen LogP contribution in [-0.2, 0) is 6.42 Å². The number of nitrogens with two attached hydrogens (primary N) is 1. The number of rotatable bonds is 7. The summed E-state index contributed by atoms with van der Waals surface area (Å²) >= 11 is 0. The zero-order valence-electron chi connectivity index (χ0n) is 15.4. The first kappa shape index (κ1) is 18.5. The van der Waals surface area contributed by atoms with E-state index in [2.05, 4.69) is 24.0 Å². The van der Waals surface area contributed by atoms with Crippen molar-refractivity contribution in [2.24, 2.45) is 0 Å². The minimum Gasteiger partial charge on any atom is -0.497 e. The maximum atomic E-state index is 9.16. The first-order valence-electron chi connectivity index (χ1n) is 8.81. The first-order chi connectivity index (χ1) is 13.1. The van der Waals surface area contributed by atoms with E-state index in [4.69, 9.17) is 15.6 Å². The van der Waals surface area contributed by atoms with Crippen molar-refractivity contribution in [2.45, 2.75) is 6.42 Å². The zero-order chi connectivity index (χ0) is 19.2. The van der Waals surface area contributed by atoms with E-state index in [0.29, 0.717) is 12.1 Å². The largest absolute Gasteiger partial charge is 0.497 e. The van der Waals surface area contributed by atoms with Crippen LogP contribution in [0.25, 0.3) is 16.8 Å². The summed E-state index contributed by atoms with van der Waals surface area (Å²) in [5, 5.41) is 12.5. The van der Waals surface area contributed by atoms with Gasteiger partial charge >= 0.3 is 0 Å². The number of aliphatic hydroxyl groups is 1. The molecule has 138 valence electrons. The predicted molar refractivity (Wildman–Crippen MR) is 113 cm³/mol. The highest BCUT2D eigenvalue weighted by Crippen LogP contribution is 2.30. The van der Waals surface area contributed by atoms with Crippen LogP contribution < -0.4 is 15.8 Å². The number of methoxy groups -OCH3 is 1. The van der Waals surface area contributed by atoms with Gasteiger partial charge in [0.15, 0.2) is 0 Å². The second-order valence-corrected chi connectivity index (χ2v) is 6.31. The average Bonchev–Trinajstić information content (AvgIpc) is 2.70. The maximum absolute atomic E-state index is 9.16. The Labute approximate surface area is 159 Å². The second kappa shape index (κ2) is 8.43. The summed E-state index contributed by atoms with van der Waals surface area (Å²) in [4.78, 5) is 0.